The van der Waals surface area contributed by atoms with Crippen molar-refractivity contribution in [2.24, 2.45) is 0 Å². The molecule has 0 N–H and O–H groups in total. The van der Waals surface area contributed by atoms with E-state index in [1.807, 2.05) is 0 Å². The third kappa shape index (κ3) is 6.87. The van der Waals surface area contributed by atoms with Crippen LogP contribution in [0, 0.1) is 0 Å². The lowest BCUT2D eigenvalue weighted by Crippen LogP contribution is -2.22. The molecule has 0 heterocycles. The lowest BCUT2D eigenvalue weighted by Gasteiger charge is -2.27. The van der Waals surface area contributed by atoms with E-state index in [1.54, 1.807) is 0 Å². The number of halogens is 1. The molecular weight excluding hydrogens is 599 g/mol. The van der Waals surface area contributed by atoms with E-state index in [1.165, 1.54) is 39.2 Å². The van der Waals surface area contributed by atoms with Crippen molar-refractivity contribution in [3.63, 3.8) is 0 Å². The molecule has 3 heteroatoms. The van der Waals surface area contributed by atoms with E-state index in [0.29, 0.717) is 0 Å². The smallest absolute Gasteiger partial charge is 0.0902 e. The highest BCUT2D eigenvalue weighted by atomic mass is 127. The summed E-state index contributed by atoms with van der Waals surface area (Å²) in [4.78, 5) is 4.77. The Morgan fingerprint density at radius 1 is 0.575 bits per heavy atom. The fraction of sp³-hybridized carbons (Fsp3) is 0.243. The van der Waals surface area contributed by atoms with Gasteiger partial charge in [-0.2, -0.15) is 0 Å². The van der Waals surface area contributed by atoms with Gasteiger partial charge < -0.3 is 9.80 Å². The summed E-state index contributed by atoms with van der Waals surface area (Å²) >= 11 is 2.62. The Morgan fingerprint density at radius 3 is 1.50 bits per heavy atom. The normalized spacial score (nSPS) is 13.3. The molecule has 0 fully saturated rings. The maximum absolute atomic E-state index is 2.62. The summed E-state index contributed by atoms with van der Waals surface area (Å²) in [6.45, 7) is 12.9. The van der Waals surface area contributed by atoms with Crippen LogP contribution in [-0.2, 0) is 3.42 Å². The van der Waals surface area contributed by atoms with E-state index in [9.17, 15) is 0 Å². The first kappa shape index (κ1) is 29.7. The van der Waals surface area contributed by atoms with E-state index in [2.05, 4.69) is 188 Å². The van der Waals surface area contributed by atoms with Crippen molar-refractivity contribution < 1.29 is 0 Å². The number of hydrogen-bond acceptors (Lipinski definition) is 2. The predicted octanol–water partition coefficient (Wildman–Crippen LogP) is 9.75. The molecule has 4 aromatic rings. The van der Waals surface area contributed by atoms with Crippen molar-refractivity contribution in [3.05, 3.63) is 150 Å². The molecule has 0 aliphatic rings. The Morgan fingerprint density at radius 2 is 1.00 bits per heavy atom. The van der Waals surface area contributed by atoms with Gasteiger partial charge in [0.2, 0.25) is 0 Å². The van der Waals surface area contributed by atoms with Crippen LogP contribution in [0.2, 0.25) is 0 Å². The van der Waals surface area contributed by atoms with E-state index in [0.717, 1.165) is 26.2 Å². The monoisotopic (exact) mass is 640 g/mol. The second-order valence-electron chi connectivity index (χ2n) is 9.82. The van der Waals surface area contributed by atoms with Crippen LogP contribution in [0.15, 0.2) is 127 Å². The fourth-order valence-electron chi connectivity index (χ4n) is 5.24. The molecule has 0 saturated carbocycles. The standard InChI is InChI=1S/C37H41IN2/c1-5-39(6-2)34-25-21-31(22-26-34)36(30-16-11-9-12-17-30)20-15-29-37(38,32-18-13-10-14-19-32)33-23-27-35(28-24-33)40(7-3)8-4/h9-29H,5-8H2,1-4H3. The highest BCUT2D eigenvalue weighted by Crippen LogP contribution is 2.41. The number of alkyl halides is 1. The quantitative estimate of drug-likeness (QED) is 0.0865. The number of rotatable bonds is 12. The average molecular weight is 641 g/mol. The third-order valence-corrected chi connectivity index (χ3v) is 9.20. The molecule has 2 nitrogen and oxygen atoms in total. The Kier molecular flexibility index (Phi) is 10.7. The Balaban J connectivity index is 1.75. The summed E-state index contributed by atoms with van der Waals surface area (Å²) in [6, 6.07) is 39.6. The summed E-state index contributed by atoms with van der Waals surface area (Å²) in [5.74, 6) is 0. The molecule has 1 atom stereocenters. The molecule has 0 spiro atoms. The molecule has 0 aromatic heterocycles. The first-order chi connectivity index (χ1) is 19.5. The van der Waals surface area contributed by atoms with Gasteiger partial charge in [-0.05, 0) is 79.8 Å². The summed E-state index contributed by atoms with van der Waals surface area (Å²) in [5.41, 5.74) is 8.71. The minimum absolute atomic E-state index is 0.300. The zero-order valence-electron chi connectivity index (χ0n) is 24.2. The number of anilines is 2. The zero-order chi connectivity index (χ0) is 28.4. The molecule has 1 unspecified atom stereocenters. The van der Waals surface area contributed by atoms with Crippen molar-refractivity contribution in [1.29, 1.82) is 0 Å². The summed E-state index contributed by atoms with van der Waals surface area (Å²) in [7, 11) is 0. The molecule has 0 aliphatic carbocycles. The van der Waals surface area contributed by atoms with Gasteiger partial charge in [0.1, 0.15) is 0 Å². The molecular formula is C37H41IN2. The second-order valence-corrected chi connectivity index (χ2v) is 11.5. The van der Waals surface area contributed by atoms with E-state index < -0.39 is 0 Å². The molecule has 0 saturated heterocycles. The highest BCUT2D eigenvalue weighted by Gasteiger charge is 2.28. The summed E-state index contributed by atoms with van der Waals surface area (Å²) in [5, 5.41) is 0. The average Bonchev–Trinajstić information content (AvgIpc) is 3.02. The molecule has 0 bridgehead atoms. The maximum Gasteiger partial charge on any atom is 0.0902 e. The third-order valence-electron chi connectivity index (χ3n) is 7.59. The van der Waals surface area contributed by atoms with Crippen LogP contribution < -0.4 is 9.80 Å². The minimum Gasteiger partial charge on any atom is -0.372 e. The first-order valence-electron chi connectivity index (χ1n) is 14.4. The van der Waals surface area contributed by atoms with Crippen LogP contribution in [0.3, 0.4) is 0 Å². The number of benzene rings is 4. The van der Waals surface area contributed by atoms with Gasteiger partial charge >= 0.3 is 0 Å². The van der Waals surface area contributed by atoms with Gasteiger partial charge in [-0.3, -0.25) is 0 Å². The van der Waals surface area contributed by atoms with Crippen molar-refractivity contribution >= 4 is 39.5 Å². The van der Waals surface area contributed by atoms with Crippen molar-refractivity contribution in [2.75, 3.05) is 36.0 Å². The van der Waals surface area contributed by atoms with Gasteiger partial charge in [-0.1, -0.05) is 126 Å². The molecule has 0 amide bonds. The molecule has 4 aromatic carbocycles. The van der Waals surface area contributed by atoms with Crippen molar-refractivity contribution in [3.8, 4) is 0 Å². The van der Waals surface area contributed by atoms with Crippen LogP contribution in [0.1, 0.15) is 49.9 Å². The second kappa shape index (κ2) is 14.4. The van der Waals surface area contributed by atoms with Gasteiger partial charge in [0.15, 0.2) is 0 Å². The molecule has 0 radical (unpaired) electrons. The van der Waals surface area contributed by atoms with Gasteiger partial charge in [-0.15, -0.1) is 0 Å². The lowest BCUT2D eigenvalue weighted by atomic mass is 9.90. The SMILES string of the molecule is CCN(CC)c1ccc(C(=CC=CC(I)(c2ccccc2)c2ccc(N(CC)CC)cc2)c2ccccc2)cc1. The number of hydrogen-bond donors (Lipinski definition) is 0. The van der Waals surface area contributed by atoms with Crippen molar-refractivity contribution in [1.82, 2.24) is 0 Å². The van der Waals surface area contributed by atoms with Crippen LogP contribution in [-0.4, -0.2) is 26.2 Å². The van der Waals surface area contributed by atoms with E-state index >= 15 is 0 Å². The summed E-state index contributed by atoms with van der Waals surface area (Å²) < 4.78 is -0.300. The fourth-order valence-corrected chi connectivity index (χ4v) is 6.16. The first-order valence-corrected chi connectivity index (χ1v) is 15.5. The zero-order valence-corrected chi connectivity index (χ0v) is 26.4. The van der Waals surface area contributed by atoms with Gasteiger partial charge in [-0.25, -0.2) is 0 Å². The Hall–Kier alpha value is -3.31. The van der Waals surface area contributed by atoms with Crippen molar-refractivity contribution in [2.45, 2.75) is 31.1 Å². The maximum atomic E-state index is 2.62. The van der Waals surface area contributed by atoms with Crippen LogP contribution >= 0.6 is 22.6 Å². The topological polar surface area (TPSA) is 6.48 Å². The lowest BCUT2D eigenvalue weighted by molar-refractivity contribution is 0.864. The Labute approximate surface area is 255 Å². The minimum atomic E-state index is -0.300. The molecule has 0 aliphatic heterocycles. The van der Waals surface area contributed by atoms with Gasteiger partial charge in [0, 0.05) is 37.6 Å². The Bertz CT molecular complexity index is 1370. The number of nitrogens with zero attached hydrogens (tertiary/aromatic N) is 2. The van der Waals surface area contributed by atoms with Crippen LogP contribution in [0.5, 0.6) is 0 Å². The van der Waals surface area contributed by atoms with Crippen LogP contribution in [0.4, 0.5) is 11.4 Å². The van der Waals surface area contributed by atoms with E-state index in [4.69, 9.17) is 0 Å². The largest absolute Gasteiger partial charge is 0.372 e. The molecule has 206 valence electrons. The molecule has 4 rings (SSSR count). The number of allylic oxidation sites excluding steroid dienone is 3. The van der Waals surface area contributed by atoms with E-state index in [-0.39, 0.29) is 3.42 Å². The van der Waals surface area contributed by atoms with Crippen LogP contribution in [0.25, 0.3) is 5.57 Å². The van der Waals surface area contributed by atoms with Gasteiger partial charge in [0.25, 0.3) is 0 Å². The van der Waals surface area contributed by atoms with Gasteiger partial charge in [0.05, 0.1) is 3.42 Å². The predicted molar refractivity (Wildman–Crippen MR) is 184 cm³/mol. The molecule has 40 heavy (non-hydrogen) atoms. The summed E-state index contributed by atoms with van der Waals surface area (Å²) in [6.07, 6.45) is 6.84. The highest BCUT2D eigenvalue weighted by molar-refractivity contribution is 14.1.